The van der Waals surface area contributed by atoms with Crippen LogP contribution >= 0.6 is 0 Å². The molecule has 0 spiro atoms. The number of ether oxygens (including phenoxy) is 2. The predicted octanol–water partition coefficient (Wildman–Crippen LogP) is 3.82. The average Bonchev–Trinajstić information content (AvgIpc) is 2.72. The van der Waals surface area contributed by atoms with Crippen molar-refractivity contribution in [3.05, 3.63) is 59.7 Å². The monoisotopic (exact) mass is 420 g/mol. The fourth-order valence-corrected chi connectivity index (χ4v) is 3.25. The lowest BCUT2D eigenvalue weighted by atomic mass is 10.0. The first-order chi connectivity index (χ1) is 14.9. The Labute approximate surface area is 182 Å². The normalized spacial score (nSPS) is 11.0. The van der Waals surface area contributed by atoms with E-state index < -0.39 is 5.91 Å². The molecule has 3 aromatic rings. The maximum absolute atomic E-state index is 12.8. The first-order valence-corrected chi connectivity index (χ1v) is 10.2. The summed E-state index contributed by atoms with van der Waals surface area (Å²) in [7, 11) is 0. The Morgan fingerprint density at radius 3 is 2.58 bits per heavy atom. The molecule has 162 valence electrons. The molecule has 0 atom stereocenters. The lowest BCUT2D eigenvalue weighted by Crippen LogP contribution is -2.24. The number of hydrogen-bond acceptors (Lipinski definition) is 4. The van der Waals surface area contributed by atoms with Gasteiger partial charge in [0.25, 0.3) is 5.91 Å². The summed E-state index contributed by atoms with van der Waals surface area (Å²) in [5, 5.41) is 0.628. The topological polar surface area (TPSA) is 113 Å². The maximum Gasteiger partial charge on any atom is 0.280 e. The number of rotatable bonds is 8. The van der Waals surface area contributed by atoms with Crippen LogP contribution in [0, 0.1) is 6.92 Å². The van der Waals surface area contributed by atoms with E-state index in [1.165, 1.54) is 0 Å². The van der Waals surface area contributed by atoms with Crippen LogP contribution in [0.1, 0.15) is 36.2 Å². The standard InChI is InChI=1S/C24H28N4O3/c1-15(2)30-12-7-13-31-21-11-6-10-18-19(23(29)28-24(25)26)14-20(27-22(18)21)17-9-5-4-8-16(17)3/h4-6,8-11,14-15H,7,12-13H2,1-3H3,(H4,25,26,28,29). The largest absolute Gasteiger partial charge is 0.491 e. The second-order valence-corrected chi connectivity index (χ2v) is 7.49. The molecule has 31 heavy (non-hydrogen) atoms. The molecule has 0 radical (unpaired) electrons. The Morgan fingerprint density at radius 1 is 1.10 bits per heavy atom. The maximum atomic E-state index is 12.8. The second-order valence-electron chi connectivity index (χ2n) is 7.49. The van der Waals surface area contributed by atoms with Crippen molar-refractivity contribution in [2.45, 2.75) is 33.3 Å². The van der Waals surface area contributed by atoms with Gasteiger partial charge in [0.2, 0.25) is 0 Å². The average molecular weight is 421 g/mol. The van der Waals surface area contributed by atoms with Crippen LogP contribution in [0.5, 0.6) is 5.75 Å². The lowest BCUT2D eigenvalue weighted by Gasteiger charge is -2.14. The summed E-state index contributed by atoms with van der Waals surface area (Å²) < 4.78 is 11.6. The van der Waals surface area contributed by atoms with Crippen molar-refractivity contribution < 1.29 is 14.3 Å². The van der Waals surface area contributed by atoms with E-state index >= 15 is 0 Å². The summed E-state index contributed by atoms with van der Waals surface area (Å²) in [6.07, 6.45) is 0.922. The second kappa shape index (κ2) is 10.0. The number of carbonyl (C=O) groups excluding carboxylic acids is 1. The number of aliphatic imine (C=N–C) groups is 1. The van der Waals surface area contributed by atoms with Gasteiger partial charge in [-0.2, -0.15) is 4.99 Å². The molecule has 0 aliphatic carbocycles. The van der Waals surface area contributed by atoms with Gasteiger partial charge in [0, 0.05) is 17.4 Å². The number of guanidine groups is 1. The predicted molar refractivity (Wildman–Crippen MR) is 123 cm³/mol. The number of aryl methyl sites for hydroxylation is 1. The van der Waals surface area contributed by atoms with Gasteiger partial charge in [0.15, 0.2) is 5.96 Å². The third-order valence-corrected chi connectivity index (χ3v) is 4.68. The van der Waals surface area contributed by atoms with E-state index in [0.29, 0.717) is 41.1 Å². The van der Waals surface area contributed by atoms with E-state index in [2.05, 4.69) is 4.99 Å². The summed E-state index contributed by atoms with van der Waals surface area (Å²) in [5.41, 5.74) is 14.5. The third kappa shape index (κ3) is 5.58. The Bertz CT molecular complexity index is 1110. The number of amides is 1. The molecule has 0 aliphatic rings. The van der Waals surface area contributed by atoms with Crippen molar-refractivity contribution in [2.75, 3.05) is 13.2 Å². The van der Waals surface area contributed by atoms with Crippen LogP contribution in [0.4, 0.5) is 0 Å². The van der Waals surface area contributed by atoms with Crippen LogP contribution in [-0.4, -0.2) is 36.2 Å². The summed E-state index contributed by atoms with van der Waals surface area (Å²) in [5.74, 6) is -0.217. The van der Waals surface area contributed by atoms with Crippen molar-refractivity contribution >= 4 is 22.8 Å². The van der Waals surface area contributed by atoms with E-state index in [-0.39, 0.29) is 12.1 Å². The zero-order valence-corrected chi connectivity index (χ0v) is 18.1. The summed E-state index contributed by atoms with van der Waals surface area (Å²) in [6.45, 7) is 7.07. The molecule has 3 rings (SSSR count). The third-order valence-electron chi connectivity index (χ3n) is 4.68. The number of hydrogen-bond donors (Lipinski definition) is 2. The van der Waals surface area contributed by atoms with Gasteiger partial charge >= 0.3 is 0 Å². The molecule has 0 saturated heterocycles. The molecule has 0 bridgehead atoms. The van der Waals surface area contributed by atoms with E-state index in [1.54, 1.807) is 6.07 Å². The fraction of sp³-hybridized carbons (Fsp3) is 0.292. The molecule has 7 heteroatoms. The van der Waals surface area contributed by atoms with Crippen molar-refractivity contribution in [1.29, 1.82) is 0 Å². The number of benzene rings is 2. The van der Waals surface area contributed by atoms with Crippen LogP contribution in [0.3, 0.4) is 0 Å². The number of nitrogens with two attached hydrogens (primary N) is 2. The van der Waals surface area contributed by atoms with Gasteiger partial charge in [-0.3, -0.25) is 4.79 Å². The highest BCUT2D eigenvalue weighted by Crippen LogP contribution is 2.32. The van der Waals surface area contributed by atoms with Crippen molar-refractivity contribution in [1.82, 2.24) is 4.98 Å². The van der Waals surface area contributed by atoms with Crippen LogP contribution in [0.15, 0.2) is 53.5 Å². The van der Waals surface area contributed by atoms with E-state index in [4.69, 9.17) is 25.9 Å². The van der Waals surface area contributed by atoms with Gasteiger partial charge in [0.05, 0.1) is 30.6 Å². The van der Waals surface area contributed by atoms with E-state index in [1.807, 2.05) is 63.2 Å². The summed E-state index contributed by atoms with van der Waals surface area (Å²) >= 11 is 0. The number of pyridine rings is 1. The molecule has 0 fully saturated rings. The lowest BCUT2D eigenvalue weighted by molar-refractivity contribution is 0.0695. The van der Waals surface area contributed by atoms with Gasteiger partial charge in [0.1, 0.15) is 11.3 Å². The van der Waals surface area contributed by atoms with Gasteiger partial charge in [-0.25, -0.2) is 4.98 Å². The highest BCUT2D eigenvalue weighted by atomic mass is 16.5. The first-order valence-electron chi connectivity index (χ1n) is 10.2. The minimum Gasteiger partial charge on any atom is -0.491 e. The smallest absolute Gasteiger partial charge is 0.280 e. The number of nitrogens with zero attached hydrogens (tertiary/aromatic N) is 2. The minimum atomic E-state index is -0.523. The number of carbonyl (C=O) groups is 1. The Hall–Kier alpha value is -3.45. The van der Waals surface area contributed by atoms with Crippen molar-refractivity contribution in [3.63, 3.8) is 0 Å². The molecule has 7 nitrogen and oxygen atoms in total. The van der Waals surface area contributed by atoms with Crippen LogP contribution < -0.4 is 16.2 Å². The van der Waals surface area contributed by atoms with Crippen molar-refractivity contribution in [2.24, 2.45) is 16.5 Å². The zero-order chi connectivity index (χ0) is 22.4. The van der Waals surface area contributed by atoms with E-state index in [9.17, 15) is 4.79 Å². The van der Waals surface area contributed by atoms with Gasteiger partial charge in [-0.05, 0) is 38.5 Å². The highest BCUT2D eigenvalue weighted by molar-refractivity contribution is 6.11. The summed E-state index contributed by atoms with van der Waals surface area (Å²) in [6, 6.07) is 15.1. The number of para-hydroxylation sites is 1. The quantitative estimate of drug-likeness (QED) is 0.325. The van der Waals surface area contributed by atoms with Crippen LogP contribution in [0.2, 0.25) is 0 Å². The first kappa shape index (κ1) is 22.2. The van der Waals surface area contributed by atoms with E-state index in [0.717, 1.165) is 17.5 Å². The van der Waals surface area contributed by atoms with Crippen LogP contribution in [0.25, 0.3) is 22.2 Å². The Morgan fingerprint density at radius 2 is 1.87 bits per heavy atom. The molecular weight excluding hydrogens is 392 g/mol. The highest BCUT2D eigenvalue weighted by Gasteiger charge is 2.17. The zero-order valence-electron chi connectivity index (χ0n) is 18.1. The number of aromatic nitrogens is 1. The Kier molecular flexibility index (Phi) is 7.20. The SMILES string of the molecule is Cc1ccccc1-c1cc(C(=O)N=C(N)N)c2cccc(OCCCOC(C)C)c2n1. The fourth-order valence-electron chi connectivity index (χ4n) is 3.25. The molecule has 0 aliphatic heterocycles. The van der Waals surface area contributed by atoms with Crippen molar-refractivity contribution in [3.8, 4) is 17.0 Å². The Balaban J connectivity index is 2.06. The summed E-state index contributed by atoms with van der Waals surface area (Å²) in [4.78, 5) is 21.4. The molecule has 1 heterocycles. The number of fused-ring (bicyclic) bond motifs is 1. The molecule has 2 aromatic carbocycles. The molecule has 0 unspecified atom stereocenters. The molecule has 1 amide bonds. The van der Waals surface area contributed by atoms with Crippen LogP contribution in [-0.2, 0) is 4.74 Å². The molecule has 0 saturated carbocycles. The van der Waals surface area contributed by atoms with Gasteiger partial charge in [-0.1, -0.05) is 36.4 Å². The van der Waals surface area contributed by atoms with Gasteiger partial charge in [-0.15, -0.1) is 0 Å². The van der Waals surface area contributed by atoms with Gasteiger partial charge < -0.3 is 20.9 Å². The molecule has 1 aromatic heterocycles. The molecule has 4 N–H and O–H groups in total. The molecular formula is C24H28N4O3. The minimum absolute atomic E-state index is 0.181.